The van der Waals surface area contributed by atoms with Crippen molar-refractivity contribution < 1.29 is 13.2 Å². The third-order valence-corrected chi connectivity index (χ3v) is 8.42. The number of benzene rings is 2. The first kappa shape index (κ1) is 27.2. The highest BCUT2D eigenvalue weighted by Crippen LogP contribution is 2.42. The summed E-state index contributed by atoms with van der Waals surface area (Å²) in [6, 6.07) is 16.0. The summed E-state index contributed by atoms with van der Waals surface area (Å²) in [6.45, 7) is 8.67. The Morgan fingerprint density at radius 2 is 1.69 bits per heavy atom. The van der Waals surface area contributed by atoms with Crippen LogP contribution in [0, 0.1) is 0 Å². The van der Waals surface area contributed by atoms with E-state index in [1.54, 1.807) is 31.3 Å². The third kappa shape index (κ3) is 5.67. The van der Waals surface area contributed by atoms with E-state index in [4.69, 9.17) is 10.5 Å². The van der Waals surface area contributed by atoms with Crippen molar-refractivity contribution in [3.8, 4) is 11.1 Å². The molecule has 2 aliphatic rings. The molecule has 0 bridgehead atoms. The number of ether oxygens (including phenoxy) is 1. The predicted octanol–water partition coefficient (Wildman–Crippen LogP) is 3.53. The Kier molecular flexibility index (Phi) is 7.19. The van der Waals surface area contributed by atoms with Crippen LogP contribution in [0.3, 0.4) is 0 Å². The lowest BCUT2D eigenvalue weighted by atomic mass is 10.1. The first-order valence-electron chi connectivity index (χ1n) is 13.0. The Bertz CT molecular complexity index is 1450. The number of nitrogens with two attached hydrogens (primary N) is 1. The Balaban J connectivity index is 1.50. The van der Waals surface area contributed by atoms with E-state index in [9.17, 15) is 8.42 Å². The van der Waals surface area contributed by atoms with Crippen molar-refractivity contribution in [1.82, 2.24) is 9.71 Å². The highest BCUT2D eigenvalue weighted by molar-refractivity contribution is 7.89. The van der Waals surface area contributed by atoms with Crippen LogP contribution < -0.4 is 30.5 Å². The van der Waals surface area contributed by atoms with Gasteiger partial charge in [0.15, 0.2) is 6.29 Å². The topological polar surface area (TPSA) is 116 Å². The molecule has 10 nitrogen and oxygen atoms in total. The standard InChI is InChI=1S/C28H37N7O3S/c1-28(2,3)32-39(36,37)25-17-20(18-30-26(25)33(4)5)19-6-11-23-24(16-19)35(27(29)31-23)22-9-7-21(8-10-22)34-12-14-38-15-13-34/h6-11,16-18,27,31-32H,12-15,29H2,1-5H3. The summed E-state index contributed by atoms with van der Waals surface area (Å²) in [5, 5.41) is 3.34. The number of fused-ring (bicyclic) bond motifs is 1. The van der Waals surface area contributed by atoms with Crippen molar-refractivity contribution in [3.63, 3.8) is 0 Å². The maximum atomic E-state index is 13.3. The fourth-order valence-corrected chi connectivity index (χ4v) is 6.61. The van der Waals surface area contributed by atoms with Crippen LogP contribution >= 0.6 is 0 Å². The Morgan fingerprint density at radius 1 is 1.03 bits per heavy atom. The zero-order valence-corrected chi connectivity index (χ0v) is 23.9. The second-order valence-electron chi connectivity index (χ2n) is 11.1. The van der Waals surface area contributed by atoms with Gasteiger partial charge in [0.25, 0.3) is 0 Å². The van der Waals surface area contributed by atoms with Gasteiger partial charge in [0, 0.05) is 55.9 Å². The minimum atomic E-state index is -3.82. The van der Waals surface area contributed by atoms with Crippen LogP contribution in [0.5, 0.6) is 0 Å². The van der Waals surface area contributed by atoms with Gasteiger partial charge in [-0.25, -0.2) is 18.1 Å². The molecular formula is C28H37N7O3S. The number of hydrogen-bond donors (Lipinski definition) is 3. The van der Waals surface area contributed by atoms with Gasteiger partial charge in [0.1, 0.15) is 10.7 Å². The summed E-state index contributed by atoms with van der Waals surface area (Å²) in [7, 11) is -0.259. The van der Waals surface area contributed by atoms with Gasteiger partial charge in [-0.05, 0) is 68.8 Å². The number of nitrogens with one attached hydrogen (secondary N) is 2. The van der Waals surface area contributed by atoms with E-state index < -0.39 is 21.9 Å². The zero-order valence-electron chi connectivity index (χ0n) is 23.1. The van der Waals surface area contributed by atoms with Crippen LogP contribution in [0.25, 0.3) is 11.1 Å². The lowest BCUT2D eigenvalue weighted by molar-refractivity contribution is 0.122. The fraction of sp³-hybridized carbons (Fsp3) is 0.393. The molecule has 208 valence electrons. The van der Waals surface area contributed by atoms with Crippen molar-refractivity contribution >= 4 is 38.6 Å². The quantitative estimate of drug-likeness (QED) is 0.423. The number of sulfonamides is 1. The van der Waals surface area contributed by atoms with Crippen LogP contribution in [0.4, 0.5) is 28.6 Å². The van der Waals surface area contributed by atoms with Gasteiger partial charge in [0.05, 0.1) is 24.6 Å². The van der Waals surface area contributed by atoms with Crippen LogP contribution in [-0.2, 0) is 14.8 Å². The maximum Gasteiger partial charge on any atom is 0.244 e. The van der Waals surface area contributed by atoms with Gasteiger partial charge in [-0.3, -0.25) is 5.73 Å². The first-order valence-corrected chi connectivity index (χ1v) is 14.5. The molecule has 3 heterocycles. The second kappa shape index (κ2) is 10.3. The molecule has 2 aliphatic heterocycles. The summed E-state index contributed by atoms with van der Waals surface area (Å²) in [5.41, 5.74) is 11.3. The van der Waals surface area contributed by atoms with Crippen molar-refractivity contribution in [2.45, 2.75) is 37.5 Å². The van der Waals surface area contributed by atoms with E-state index in [0.29, 0.717) is 11.4 Å². The SMILES string of the molecule is CN(C)c1ncc(-c2ccc3c(c2)N(c2ccc(N4CCOCC4)cc2)C(N)N3)cc1S(=O)(=O)NC(C)(C)C. The van der Waals surface area contributed by atoms with Gasteiger partial charge >= 0.3 is 0 Å². The van der Waals surface area contributed by atoms with Crippen LogP contribution in [0.1, 0.15) is 20.8 Å². The van der Waals surface area contributed by atoms with Gasteiger partial charge < -0.3 is 24.8 Å². The molecule has 39 heavy (non-hydrogen) atoms. The molecule has 5 rings (SSSR count). The molecule has 0 radical (unpaired) electrons. The summed E-state index contributed by atoms with van der Waals surface area (Å²) in [4.78, 5) is 10.7. The summed E-state index contributed by atoms with van der Waals surface area (Å²) in [6.07, 6.45) is 1.27. The fourth-order valence-electron chi connectivity index (χ4n) is 4.94. The summed E-state index contributed by atoms with van der Waals surface area (Å²) >= 11 is 0. The number of pyridine rings is 1. The van der Waals surface area contributed by atoms with Crippen LogP contribution in [-0.4, -0.2) is 65.6 Å². The number of morpholine rings is 1. The van der Waals surface area contributed by atoms with Crippen molar-refractivity contribution in [2.75, 3.05) is 60.4 Å². The Hall–Kier alpha value is -3.38. The number of hydrogen-bond acceptors (Lipinski definition) is 9. The molecule has 0 saturated carbocycles. The number of rotatable bonds is 6. The smallest absolute Gasteiger partial charge is 0.244 e. The maximum absolute atomic E-state index is 13.3. The van der Waals surface area contributed by atoms with E-state index >= 15 is 0 Å². The summed E-state index contributed by atoms with van der Waals surface area (Å²) < 4.78 is 34.9. The molecule has 0 aliphatic carbocycles. The minimum absolute atomic E-state index is 0.130. The Labute approximate surface area is 230 Å². The molecule has 3 aromatic rings. The molecule has 4 N–H and O–H groups in total. The van der Waals surface area contributed by atoms with E-state index in [1.165, 1.54) is 0 Å². The van der Waals surface area contributed by atoms with Gasteiger partial charge in [-0.15, -0.1) is 0 Å². The molecule has 1 aromatic heterocycles. The van der Waals surface area contributed by atoms with E-state index in [-0.39, 0.29) is 4.90 Å². The van der Waals surface area contributed by atoms with Gasteiger partial charge in [-0.2, -0.15) is 0 Å². The zero-order chi connectivity index (χ0) is 27.9. The average Bonchev–Trinajstić information content (AvgIpc) is 3.22. The number of aromatic nitrogens is 1. The largest absolute Gasteiger partial charge is 0.378 e. The highest BCUT2D eigenvalue weighted by Gasteiger charge is 2.29. The minimum Gasteiger partial charge on any atom is -0.378 e. The highest BCUT2D eigenvalue weighted by atomic mass is 32.2. The van der Waals surface area contributed by atoms with Crippen LogP contribution in [0.2, 0.25) is 0 Å². The normalized spacial score (nSPS) is 17.6. The molecule has 11 heteroatoms. The monoisotopic (exact) mass is 551 g/mol. The lowest BCUT2D eigenvalue weighted by Crippen LogP contribution is -2.41. The first-order chi connectivity index (χ1) is 18.4. The van der Waals surface area contributed by atoms with Crippen LogP contribution in [0.15, 0.2) is 59.6 Å². The molecule has 0 spiro atoms. The van der Waals surface area contributed by atoms with Gasteiger partial charge in [-0.1, -0.05) is 6.07 Å². The van der Waals surface area contributed by atoms with Gasteiger partial charge in [0.2, 0.25) is 10.0 Å². The lowest BCUT2D eigenvalue weighted by Gasteiger charge is -2.30. The second-order valence-corrected chi connectivity index (χ2v) is 12.8. The Morgan fingerprint density at radius 3 is 2.33 bits per heavy atom. The molecule has 1 fully saturated rings. The van der Waals surface area contributed by atoms with E-state index in [2.05, 4.69) is 44.2 Å². The third-order valence-electron chi connectivity index (χ3n) is 6.66. The molecule has 0 amide bonds. The molecule has 1 unspecified atom stereocenters. The number of nitrogens with zero attached hydrogens (tertiary/aromatic N) is 4. The molecule has 2 aromatic carbocycles. The molecule has 1 saturated heterocycles. The van der Waals surface area contributed by atoms with E-state index in [0.717, 1.165) is 54.6 Å². The van der Waals surface area contributed by atoms with Crippen molar-refractivity contribution in [1.29, 1.82) is 0 Å². The van der Waals surface area contributed by atoms with Crippen molar-refractivity contribution in [3.05, 3.63) is 54.7 Å². The molecule has 1 atom stereocenters. The number of anilines is 5. The van der Waals surface area contributed by atoms with Crippen molar-refractivity contribution in [2.24, 2.45) is 5.73 Å². The van der Waals surface area contributed by atoms with E-state index in [1.807, 2.05) is 43.9 Å². The molecular weight excluding hydrogens is 514 g/mol. The summed E-state index contributed by atoms with van der Waals surface area (Å²) in [5.74, 6) is 0.377. The predicted molar refractivity (Wildman–Crippen MR) is 157 cm³/mol. The average molecular weight is 552 g/mol.